The number of hydrogen-bond acceptors (Lipinski definition) is 4. The van der Waals surface area contributed by atoms with Crippen LogP contribution in [0.1, 0.15) is 38.0 Å². The quantitative estimate of drug-likeness (QED) is 0.937. The topological polar surface area (TPSA) is 68.0 Å². The molecule has 1 fully saturated rings. The van der Waals surface area contributed by atoms with Crippen molar-refractivity contribution in [2.45, 2.75) is 38.6 Å². The molecule has 3 rings (SSSR count). The van der Waals surface area contributed by atoms with E-state index in [9.17, 15) is 4.79 Å². The van der Waals surface area contributed by atoms with Crippen molar-refractivity contribution in [2.75, 3.05) is 0 Å². The van der Waals surface area contributed by atoms with Crippen LogP contribution in [0.4, 0.5) is 0 Å². The second-order valence-electron chi connectivity index (χ2n) is 5.43. The van der Waals surface area contributed by atoms with Crippen LogP contribution in [-0.2, 0) is 11.3 Å². The Balaban J connectivity index is 1.56. The number of nitrogens with one attached hydrogen (secondary N) is 1. The largest absolute Gasteiger partial charge is 0.347 e. The van der Waals surface area contributed by atoms with E-state index in [0.717, 1.165) is 31.2 Å². The van der Waals surface area contributed by atoms with Gasteiger partial charge in [0.05, 0.1) is 6.54 Å². The Bertz CT molecular complexity index is 589. The van der Waals surface area contributed by atoms with Crippen molar-refractivity contribution < 1.29 is 9.32 Å². The van der Waals surface area contributed by atoms with Crippen LogP contribution < -0.4 is 5.32 Å². The van der Waals surface area contributed by atoms with Gasteiger partial charge in [0.1, 0.15) is 0 Å². The first kappa shape index (κ1) is 13.8. The summed E-state index contributed by atoms with van der Waals surface area (Å²) in [5.41, 5.74) is 0.908. The number of carbonyl (C=O) groups is 1. The van der Waals surface area contributed by atoms with Crippen LogP contribution in [0.2, 0.25) is 0 Å². The van der Waals surface area contributed by atoms with Crippen molar-refractivity contribution in [3.05, 3.63) is 36.2 Å². The van der Waals surface area contributed by atoms with E-state index in [2.05, 4.69) is 15.5 Å². The normalized spacial score (nSPS) is 15.8. The molecule has 0 bridgehead atoms. The minimum absolute atomic E-state index is 0.106. The van der Waals surface area contributed by atoms with Gasteiger partial charge in [0.15, 0.2) is 0 Å². The molecular weight excluding hydrogens is 266 g/mol. The average Bonchev–Trinajstić information content (AvgIpc) is 3.03. The molecule has 1 aliphatic rings. The average molecular weight is 285 g/mol. The molecule has 0 saturated heterocycles. The summed E-state index contributed by atoms with van der Waals surface area (Å²) in [4.78, 5) is 16.4. The van der Waals surface area contributed by atoms with Crippen LogP contribution in [0.15, 0.2) is 34.9 Å². The van der Waals surface area contributed by atoms with Gasteiger partial charge in [-0.1, -0.05) is 54.8 Å². The van der Waals surface area contributed by atoms with Crippen molar-refractivity contribution >= 4 is 5.91 Å². The molecule has 0 spiro atoms. The predicted octanol–water partition coefficient (Wildman–Crippen LogP) is 2.93. The van der Waals surface area contributed by atoms with Crippen LogP contribution in [0, 0.1) is 5.92 Å². The van der Waals surface area contributed by atoms with E-state index in [1.807, 2.05) is 30.3 Å². The van der Waals surface area contributed by atoms with Crippen molar-refractivity contribution in [2.24, 2.45) is 5.92 Å². The first-order valence-corrected chi connectivity index (χ1v) is 7.48. The summed E-state index contributed by atoms with van der Waals surface area (Å²) in [6.07, 6.45) is 5.53. The van der Waals surface area contributed by atoms with Crippen molar-refractivity contribution in [1.82, 2.24) is 15.5 Å². The summed E-state index contributed by atoms with van der Waals surface area (Å²) in [6, 6.07) is 9.64. The lowest BCUT2D eigenvalue weighted by atomic mass is 9.89. The minimum atomic E-state index is 0.106. The van der Waals surface area contributed by atoms with Crippen LogP contribution in [0.3, 0.4) is 0 Å². The Morgan fingerprint density at radius 3 is 2.71 bits per heavy atom. The molecule has 1 aliphatic carbocycles. The fraction of sp³-hybridized carbons (Fsp3) is 0.438. The van der Waals surface area contributed by atoms with Gasteiger partial charge >= 0.3 is 0 Å². The number of carbonyl (C=O) groups excluding carboxylic acids is 1. The van der Waals surface area contributed by atoms with E-state index in [0.29, 0.717) is 18.3 Å². The third-order valence-corrected chi connectivity index (χ3v) is 3.89. The smallest absolute Gasteiger partial charge is 0.246 e. The van der Waals surface area contributed by atoms with Gasteiger partial charge in [0, 0.05) is 11.5 Å². The van der Waals surface area contributed by atoms with Gasteiger partial charge < -0.3 is 9.84 Å². The number of rotatable bonds is 4. The Hall–Kier alpha value is -2.17. The molecule has 0 aliphatic heterocycles. The lowest BCUT2D eigenvalue weighted by Gasteiger charge is -2.20. The Kier molecular flexibility index (Phi) is 4.28. The van der Waals surface area contributed by atoms with Crippen molar-refractivity contribution in [3.8, 4) is 11.4 Å². The van der Waals surface area contributed by atoms with E-state index in [1.165, 1.54) is 6.42 Å². The highest BCUT2D eigenvalue weighted by molar-refractivity contribution is 5.78. The highest BCUT2D eigenvalue weighted by Crippen LogP contribution is 2.23. The second-order valence-corrected chi connectivity index (χ2v) is 5.43. The van der Waals surface area contributed by atoms with Gasteiger partial charge in [-0.15, -0.1) is 0 Å². The summed E-state index contributed by atoms with van der Waals surface area (Å²) in [5, 5.41) is 6.84. The van der Waals surface area contributed by atoms with Gasteiger partial charge in [-0.05, 0) is 12.8 Å². The van der Waals surface area contributed by atoms with Gasteiger partial charge in [0.25, 0.3) is 0 Å². The molecule has 5 heteroatoms. The maximum absolute atomic E-state index is 12.0. The highest BCUT2D eigenvalue weighted by atomic mass is 16.5. The fourth-order valence-corrected chi connectivity index (χ4v) is 2.70. The zero-order chi connectivity index (χ0) is 14.5. The van der Waals surface area contributed by atoms with Crippen molar-refractivity contribution in [3.63, 3.8) is 0 Å². The Labute approximate surface area is 123 Å². The number of nitrogens with zero attached hydrogens (tertiary/aromatic N) is 2. The summed E-state index contributed by atoms with van der Waals surface area (Å²) in [7, 11) is 0. The summed E-state index contributed by atoms with van der Waals surface area (Å²) in [5.74, 6) is 1.25. The van der Waals surface area contributed by atoms with Crippen molar-refractivity contribution in [1.29, 1.82) is 0 Å². The summed E-state index contributed by atoms with van der Waals surface area (Å²) < 4.78 is 5.18. The van der Waals surface area contributed by atoms with E-state index in [-0.39, 0.29) is 11.8 Å². The zero-order valence-electron chi connectivity index (χ0n) is 11.9. The molecule has 0 radical (unpaired) electrons. The number of benzene rings is 1. The summed E-state index contributed by atoms with van der Waals surface area (Å²) >= 11 is 0. The molecule has 110 valence electrons. The minimum Gasteiger partial charge on any atom is -0.347 e. The molecular formula is C16H19N3O2. The van der Waals surface area contributed by atoms with Crippen LogP contribution >= 0.6 is 0 Å². The standard InChI is InChI=1S/C16H19N3O2/c20-16(13-9-5-2-6-10-13)17-11-14-18-15(19-21-14)12-7-3-1-4-8-12/h1,3-4,7-8,13H,2,5-6,9-11H2,(H,17,20). The molecule has 21 heavy (non-hydrogen) atoms. The SMILES string of the molecule is O=C(NCc1nc(-c2ccccc2)no1)C1CCCCC1. The highest BCUT2D eigenvalue weighted by Gasteiger charge is 2.21. The molecule has 1 amide bonds. The van der Waals surface area contributed by atoms with Crippen LogP contribution in [0.25, 0.3) is 11.4 Å². The lowest BCUT2D eigenvalue weighted by molar-refractivity contribution is -0.126. The van der Waals surface area contributed by atoms with Crippen LogP contribution in [0.5, 0.6) is 0 Å². The van der Waals surface area contributed by atoms with E-state index in [1.54, 1.807) is 0 Å². The van der Waals surface area contributed by atoms with Gasteiger partial charge in [-0.2, -0.15) is 4.98 Å². The maximum Gasteiger partial charge on any atom is 0.246 e. The van der Waals surface area contributed by atoms with E-state index < -0.39 is 0 Å². The molecule has 5 nitrogen and oxygen atoms in total. The predicted molar refractivity (Wildman–Crippen MR) is 78.2 cm³/mol. The zero-order valence-corrected chi connectivity index (χ0v) is 11.9. The third kappa shape index (κ3) is 3.48. The molecule has 1 heterocycles. The monoisotopic (exact) mass is 285 g/mol. The molecule has 2 aromatic rings. The van der Waals surface area contributed by atoms with E-state index in [4.69, 9.17) is 4.52 Å². The van der Waals surface area contributed by atoms with Gasteiger partial charge in [-0.3, -0.25) is 4.79 Å². The number of aromatic nitrogens is 2. The third-order valence-electron chi connectivity index (χ3n) is 3.89. The molecule has 0 atom stereocenters. The first-order chi connectivity index (χ1) is 10.3. The maximum atomic E-state index is 12.0. The summed E-state index contributed by atoms with van der Waals surface area (Å²) in [6.45, 7) is 0.301. The second kappa shape index (κ2) is 6.52. The Morgan fingerprint density at radius 2 is 1.95 bits per heavy atom. The van der Waals surface area contributed by atoms with Gasteiger partial charge in [0.2, 0.25) is 17.6 Å². The number of hydrogen-bond donors (Lipinski definition) is 1. The first-order valence-electron chi connectivity index (χ1n) is 7.48. The number of amides is 1. The molecule has 1 N–H and O–H groups in total. The molecule has 0 unspecified atom stereocenters. The molecule has 1 aromatic heterocycles. The molecule has 1 saturated carbocycles. The van der Waals surface area contributed by atoms with Gasteiger partial charge in [-0.25, -0.2) is 0 Å². The Morgan fingerprint density at radius 1 is 1.19 bits per heavy atom. The fourth-order valence-electron chi connectivity index (χ4n) is 2.70. The van der Waals surface area contributed by atoms with Crippen LogP contribution in [-0.4, -0.2) is 16.0 Å². The lowest BCUT2D eigenvalue weighted by Crippen LogP contribution is -2.31. The molecule has 1 aromatic carbocycles. The van der Waals surface area contributed by atoms with E-state index >= 15 is 0 Å².